The molecule has 1 saturated heterocycles. The number of hydrogen-bond donors (Lipinski definition) is 0. The summed E-state index contributed by atoms with van der Waals surface area (Å²) in [4.78, 5) is 30.2. The summed E-state index contributed by atoms with van der Waals surface area (Å²) < 4.78 is 21.4. The van der Waals surface area contributed by atoms with E-state index in [0.29, 0.717) is 75.9 Å². The fourth-order valence-corrected chi connectivity index (χ4v) is 5.04. The van der Waals surface area contributed by atoms with Gasteiger partial charge in [-0.05, 0) is 47.5 Å². The van der Waals surface area contributed by atoms with Gasteiger partial charge in [0.15, 0.2) is 11.5 Å². The number of amides is 2. The van der Waals surface area contributed by atoms with Gasteiger partial charge in [-0.15, -0.1) is 0 Å². The lowest BCUT2D eigenvalue weighted by Gasteiger charge is -2.34. The Morgan fingerprint density at radius 3 is 1.85 bits per heavy atom. The molecule has 4 rings (SSSR count). The van der Waals surface area contributed by atoms with E-state index in [9.17, 15) is 9.59 Å². The van der Waals surface area contributed by atoms with Crippen LogP contribution in [0.4, 0.5) is 0 Å². The Morgan fingerprint density at radius 1 is 0.725 bits per heavy atom. The molecule has 10 heteroatoms. The molecule has 0 saturated carbocycles. The van der Waals surface area contributed by atoms with E-state index in [-0.39, 0.29) is 11.8 Å². The Hall–Kier alpha value is -3.88. The van der Waals surface area contributed by atoms with Crippen molar-refractivity contribution in [2.45, 2.75) is 0 Å². The van der Waals surface area contributed by atoms with Crippen molar-refractivity contribution in [1.29, 1.82) is 0 Å². The summed E-state index contributed by atoms with van der Waals surface area (Å²) in [7, 11) is 6.10. The third-order valence-electron chi connectivity index (χ3n) is 6.68. The number of carbonyl (C=O) groups is 2. The lowest BCUT2D eigenvalue weighted by atomic mass is 9.97. The summed E-state index contributed by atoms with van der Waals surface area (Å²) in [5, 5.41) is 0.935. The minimum Gasteiger partial charge on any atom is -0.497 e. The maximum atomic E-state index is 13.4. The molecule has 40 heavy (non-hydrogen) atoms. The van der Waals surface area contributed by atoms with Gasteiger partial charge in [0.2, 0.25) is 11.7 Å². The molecular weight excluding hydrogens is 555 g/mol. The molecule has 1 aliphatic heterocycles. The van der Waals surface area contributed by atoms with Gasteiger partial charge in [-0.25, -0.2) is 0 Å². The highest BCUT2D eigenvalue weighted by molar-refractivity contribution is 6.36. The Labute approximate surface area is 243 Å². The molecule has 0 aliphatic carbocycles. The summed E-state index contributed by atoms with van der Waals surface area (Å²) in [5.41, 5.74) is 2.55. The lowest BCUT2D eigenvalue weighted by Crippen LogP contribution is -2.50. The van der Waals surface area contributed by atoms with Gasteiger partial charge in [0.05, 0.1) is 28.4 Å². The molecule has 0 radical (unpaired) electrons. The van der Waals surface area contributed by atoms with E-state index in [1.165, 1.54) is 21.3 Å². The van der Waals surface area contributed by atoms with Crippen LogP contribution in [0.5, 0.6) is 23.0 Å². The zero-order valence-electron chi connectivity index (χ0n) is 22.7. The highest BCUT2D eigenvalue weighted by atomic mass is 35.5. The molecule has 0 aromatic heterocycles. The largest absolute Gasteiger partial charge is 0.497 e. The SMILES string of the molecule is COc1ccc(/C(=C/C(=O)N2CCN(C(=O)c3cc(OC)c(OC)c(OC)c3)CC2)c2ccc(Cl)cc2Cl)cc1. The third-order valence-corrected chi connectivity index (χ3v) is 7.23. The van der Waals surface area contributed by atoms with Crippen molar-refractivity contribution in [2.75, 3.05) is 54.6 Å². The third kappa shape index (κ3) is 6.29. The zero-order valence-corrected chi connectivity index (χ0v) is 24.2. The number of hydrogen-bond acceptors (Lipinski definition) is 6. The van der Waals surface area contributed by atoms with E-state index < -0.39 is 0 Å². The van der Waals surface area contributed by atoms with E-state index >= 15 is 0 Å². The molecule has 0 spiro atoms. The van der Waals surface area contributed by atoms with Crippen molar-refractivity contribution in [3.05, 3.63) is 87.4 Å². The minimum atomic E-state index is -0.186. The van der Waals surface area contributed by atoms with E-state index in [1.807, 2.05) is 24.3 Å². The second-order valence-electron chi connectivity index (χ2n) is 8.94. The van der Waals surface area contributed by atoms with Crippen LogP contribution in [0, 0.1) is 0 Å². The number of carbonyl (C=O) groups excluding carboxylic acids is 2. The molecule has 0 atom stereocenters. The summed E-state index contributed by atoms with van der Waals surface area (Å²) in [5.74, 6) is 1.54. The normalized spacial score (nSPS) is 13.6. The maximum Gasteiger partial charge on any atom is 0.254 e. The van der Waals surface area contributed by atoms with E-state index in [2.05, 4.69) is 0 Å². The average molecular weight is 585 g/mol. The van der Waals surface area contributed by atoms with Crippen LogP contribution >= 0.6 is 23.2 Å². The topological polar surface area (TPSA) is 77.5 Å². The quantitative estimate of drug-likeness (QED) is 0.328. The Balaban J connectivity index is 1.54. The number of benzene rings is 3. The fourth-order valence-electron chi connectivity index (χ4n) is 4.53. The highest BCUT2D eigenvalue weighted by Gasteiger charge is 2.27. The smallest absolute Gasteiger partial charge is 0.254 e. The second-order valence-corrected chi connectivity index (χ2v) is 9.79. The van der Waals surface area contributed by atoms with Crippen LogP contribution < -0.4 is 18.9 Å². The molecule has 2 amide bonds. The van der Waals surface area contributed by atoms with Crippen LogP contribution in [0.3, 0.4) is 0 Å². The van der Waals surface area contributed by atoms with Gasteiger partial charge in [-0.2, -0.15) is 0 Å². The van der Waals surface area contributed by atoms with Crippen LogP contribution in [0.2, 0.25) is 10.0 Å². The number of rotatable bonds is 8. The number of halogens is 2. The molecule has 1 fully saturated rings. The van der Waals surface area contributed by atoms with Gasteiger partial charge in [0.1, 0.15) is 5.75 Å². The lowest BCUT2D eigenvalue weighted by molar-refractivity contribution is -0.127. The van der Waals surface area contributed by atoms with Crippen molar-refractivity contribution >= 4 is 40.6 Å². The van der Waals surface area contributed by atoms with E-state index in [0.717, 1.165) is 5.56 Å². The Morgan fingerprint density at radius 2 is 1.32 bits per heavy atom. The summed E-state index contributed by atoms with van der Waals surface area (Å²) >= 11 is 12.7. The van der Waals surface area contributed by atoms with Crippen LogP contribution in [0.1, 0.15) is 21.5 Å². The molecule has 3 aromatic rings. The van der Waals surface area contributed by atoms with Crippen molar-refractivity contribution in [2.24, 2.45) is 0 Å². The van der Waals surface area contributed by atoms with Crippen LogP contribution in [-0.4, -0.2) is 76.2 Å². The summed E-state index contributed by atoms with van der Waals surface area (Å²) in [6, 6.07) is 15.8. The first-order valence-corrected chi connectivity index (χ1v) is 13.2. The van der Waals surface area contributed by atoms with Gasteiger partial charge < -0.3 is 28.7 Å². The Bertz CT molecular complexity index is 1390. The molecule has 8 nitrogen and oxygen atoms in total. The molecular formula is C30H30Cl2N2O6. The number of piperazine rings is 1. The van der Waals surface area contributed by atoms with Crippen molar-refractivity contribution in [3.63, 3.8) is 0 Å². The standard InChI is InChI=1S/C30H30Cl2N2O6/c1-37-22-8-5-19(6-9-22)24(23-10-7-21(31)17-25(23)32)18-28(35)33-11-13-34(14-12-33)30(36)20-15-26(38-2)29(40-4)27(16-20)39-3/h5-10,15-18H,11-14H2,1-4H3/b24-18-. The van der Waals surface area contributed by atoms with Gasteiger partial charge >= 0.3 is 0 Å². The van der Waals surface area contributed by atoms with Gasteiger partial charge in [-0.1, -0.05) is 41.4 Å². The van der Waals surface area contributed by atoms with Crippen molar-refractivity contribution in [1.82, 2.24) is 9.80 Å². The molecule has 3 aromatic carbocycles. The van der Waals surface area contributed by atoms with Crippen LogP contribution in [-0.2, 0) is 4.79 Å². The minimum absolute atomic E-state index is 0.184. The monoisotopic (exact) mass is 584 g/mol. The summed E-state index contributed by atoms with van der Waals surface area (Å²) in [6.07, 6.45) is 1.58. The number of nitrogens with zero attached hydrogens (tertiary/aromatic N) is 2. The van der Waals surface area contributed by atoms with Gasteiger partial charge in [-0.3, -0.25) is 9.59 Å². The predicted molar refractivity (Wildman–Crippen MR) is 155 cm³/mol. The molecule has 210 valence electrons. The van der Waals surface area contributed by atoms with Crippen molar-refractivity contribution in [3.8, 4) is 23.0 Å². The molecule has 0 unspecified atom stereocenters. The van der Waals surface area contributed by atoms with E-state index in [1.54, 1.807) is 53.3 Å². The first-order valence-electron chi connectivity index (χ1n) is 12.5. The molecule has 0 bridgehead atoms. The number of ether oxygens (including phenoxy) is 4. The Kier molecular flexibility index (Phi) is 9.45. The highest BCUT2D eigenvalue weighted by Crippen LogP contribution is 2.38. The van der Waals surface area contributed by atoms with E-state index in [4.69, 9.17) is 42.1 Å². The zero-order chi connectivity index (χ0) is 28.8. The fraction of sp³-hybridized carbons (Fsp3) is 0.267. The second kappa shape index (κ2) is 13.0. The van der Waals surface area contributed by atoms with Crippen LogP contribution in [0.25, 0.3) is 5.57 Å². The predicted octanol–water partition coefficient (Wildman–Crippen LogP) is 5.44. The first-order chi connectivity index (χ1) is 19.3. The average Bonchev–Trinajstić information content (AvgIpc) is 2.99. The maximum absolute atomic E-state index is 13.4. The van der Waals surface area contributed by atoms with Gasteiger partial charge in [0.25, 0.3) is 5.91 Å². The molecule has 0 N–H and O–H groups in total. The molecule has 1 heterocycles. The summed E-state index contributed by atoms with van der Waals surface area (Å²) in [6.45, 7) is 1.48. The van der Waals surface area contributed by atoms with Gasteiger partial charge in [0, 0.05) is 53.4 Å². The van der Waals surface area contributed by atoms with Crippen LogP contribution in [0.15, 0.2) is 60.7 Å². The van der Waals surface area contributed by atoms with Crippen molar-refractivity contribution < 1.29 is 28.5 Å². The molecule has 1 aliphatic rings. The first kappa shape index (κ1) is 29.1. The number of methoxy groups -OCH3 is 4.